The number of unbranched alkanes of at least 4 members (excludes halogenated alkanes) is 5. The van der Waals surface area contributed by atoms with Crippen LogP contribution in [0.2, 0.25) is 0 Å². The predicted molar refractivity (Wildman–Crippen MR) is 92.8 cm³/mol. The van der Waals surface area contributed by atoms with Crippen molar-refractivity contribution in [1.82, 2.24) is 5.32 Å². The van der Waals surface area contributed by atoms with Gasteiger partial charge in [0.15, 0.2) is 0 Å². The van der Waals surface area contributed by atoms with Crippen LogP contribution in [-0.4, -0.2) is 25.8 Å². The number of nitrogens with one attached hydrogen (secondary N) is 1. The third-order valence-electron chi connectivity index (χ3n) is 5.11. The first-order valence-electron chi connectivity index (χ1n) is 9.62. The molecular formula is C19H39NO. The van der Waals surface area contributed by atoms with Crippen molar-refractivity contribution in [3.8, 4) is 0 Å². The van der Waals surface area contributed by atoms with Gasteiger partial charge in [-0.1, -0.05) is 64.7 Å². The molecule has 126 valence electrons. The Kier molecular flexibility index (Phi) is 11.3. The summed E-state index contributed by atoms with van der Waals surface area (Å²) in [5.41, 5.74) is 0. The van der Waals surface area contributed by atoms with E-state index in [-0.39, 0.29) is 0 Å². The second-order valence-electron chi connectivity index (χ2n) is 6.77. The molecule has 0 bridgehead atoms. The van der Waals surface area contributed by atoms with Crippen molar-refractivity contribution in [2.24, 2.45) is 5.92 Å². The fraction of sp³-hybridized carbons (Fsp3) is 1.00. The van der Waals surface area contributed by atoms with E-state index in [1.807, 2.05) is 0 Å². The normalized spacial score (nSPS) is 19.6. The first kappa shape index (κ1) is 19.0. The summed E-state index contributed by atoms with van der Waals surface area (Å²) in [5.74, 6) is 0.788. The second kappa shape index (κ2) is 12.5. The van der Waals surface area contributed by atoms with Crippen LogP contribution in [-0.2, 0) is 4.74 Å². The van der Waals surface area contributed by atoms with Crippen LogP contribution in [0, 0.1) is 5.92 Å². The molecule has 2 nitrogen and oxygen atoms in total. The molecule has 0 aromatic rings. The van der Waals surface area contributed by atoms with Crippen LogP contribution in [0.15, 0.2) is 0 Å². The molecule has 0 radical (unpaired) electrons. The van der Waals surface area contributed by atoms with Crippen molar-refractivity contribution in [1.29, 1.82) is 0 Å². The van der Waals surface area contributed by atoms with Crippen LogP contribution in [0.4, 0.5) is 0 Å². The quantitative estimate of drug-likeness (QED) is 0.493. The fourth-order valence-electron chi connectivity index (χ4n) is 3.85. The maximum Gasteiger partial charge on any atom is 0.0755 e. The van der Waals surface area contributed by atoms with Gasteiger partial charge in [0.25, 0.3) is 0 Å². The Morgan fingerprint density at radius 1 is 0.952 bits per heavy atom. The molecule has 1 N–H and O–H groups in total. The SMILES string of the molecule is CCCCCCCCC(NC)C(OCC)C1CCCCC1. The van der Waals surface area contributed by atoms with Gasteiger partial charge in [-0.3, -0.25) is 0 Å². The van der Waals surface area contributed by atoms with E-state index in [1.165, 1.54) is 77.0 Å². The van der Waals surface area contributed by atoms with Gasteiger partial charge in [-0.05, 0) is 39.2 Å². The minimum absolute atomic E-state index is 0.441. The lowest BCUT2D eigenvalue weighted by Crippen LogP contribution is -2.44. The van der Waals surface area contributed by atoms with E-state index in [0.717, 1.165) is 12.5 Å². The van der Waals surface area contributed by atoms with E-state index in [2.05, 4.69) is 26.2 Å². The Morgan fingerprint density at radius 3 is 2.24 bits per heavy atom. The second-order valence-corrected chi connectivity index (χ2v) is 6.77. The zero-order valence-electron chi connectivity index (χ0n) is 14.8. The van der Waals surface area contributed by atoms with Crippen molar-refractivity contribution >= 4 is 0 Å². The monoisotopic (exact) mass is 297 g/mol. The van der Waals surface area contributed by atoms with E-state index in [4.69, 9.17) is 4.74 Å². The molecule has 1 aliphatic carbocycles. The average molecular weight is 298 g/mol. The van der Waals surface area contributed by atoms with Gasteiger partial charge in [-0.2, -0.15) is 0 Å². The van der Waals surface area contributed by atoms with Gasteiger partial charge in [0.05, 0.1) is 6.10 Å². The van der Waals surface area contributed by atoms with Crippen LogP contribution in [0.1, 0.15) is 90.9 Å². The number of likely N-dealkylation sites (N-methyl/N-ethyl adjacent to an activating group) is 1. The summed E-state index contributed by atoms with van der Waals surface area (Å²) < 4.78 is 6.17. The van der Waals surface area contributed by atoms with Crippen LogP contribution in [0.25, 0.3) is 0 Å². The molecule has 1 fully saturated rings. The summed E-state index contributed by atoms with van der Waals surface area (Å²) in [7, 11) is 2.12. The van der Waals surface area contributed by atoms with Gasteiger partial charge in [0, 0.05) is 12.6 Å². The Labute approximate surface area is 133 Å². The Morgan fingerprint density at radius 2 is 1.62 bits per heavy atom. The van der Waals surface area contributed by atoms with Crippen LogP contribution >= 0.6 is 0 Å². The molecule has 21 heavy (non-hydrogen) atoms. The maximum atomic E-state index is 6.17. The molecule has 0 aliphatic heterocycles. The maximum absolute atomic E-state index is 6.17. The van der Waals surface area contributed by atoms with Gasteiger partial charge in [0.1, 0.15) is 0 Å². The molecule has 2 atom stereocenters. The average Bonchev–Trinajstić information content (AvgIpc) is 2.53. The highest BCUT2D eigenvalue weighted by Gasteiger charge is 2.29. The Bertz CT molecular complexity index is 226. The van der Waals surface area contributed by atoms with Crippen molar-refractivity contribution in [3.63, 3.8) is 0 Å². The lowest BCUT2D eigenvalue weighted by Gasteiger charge is -2.35. The number of hydrogen-bond donors (Lipinski definition) is 1. The molecule has 1 aliphatic rings. The molecular weight excluding hydrogens is 258 g/mol. The standard InChI is InChI=1S/C19H39NO/c1-4-6-7-8-9-13-16-18(20-3)19(21-5-2)17-14-11-10-12-15-17/h17-20H,4-16H2,1-3H3. The number of rotatable bonds is 12. The van der Waals surface area contributed by atoms with Crippen molar-refractivity contribution < 1.29 is 4.74 Å². The summed E-state index contributed by atoms with van der Waals surface area (Å²) in [6.07, 6.45) is 17.0. The largest absolute Gasteiger partial charge is 0.377 e. The Hall–Kier alpha value is -0.0800. The first-order valence-corrected chi connectivity index (χ1v) is 9.62. The lowest BCUT2D eigenvalue weighted by atomic mass is 9.81. The minimum atomic E-state index is 0.441. The summed E-state index contributed by atoms with van der Waals surface area (Å²) >= 11 is 0. The van der Waals surface area contributed by atoms with Gasteiger partial charge >= 0.3 is 0 Å². The molecule has 1 saturated carbocycles. The Balaban J connectivity index is 2.33. The summed E-state index contributed by atoms with van der Waals surface area (Å²) in [4.78, 5) is 0. The van der Waals surface area contributed by atoms with Crippen molar-refractivity contribution in [3.05, 3.63) is 0 Å². The third-order valence-corrected chi connectivity index (χ3v) is 5.11. The van der Waals surface area contributed by atoms with Gasteiger partial charge in [-0.25, -0.2) is 0 Å². The molecule has 0 heterocycles. The van der Waals surface area contributed by atoms with Crippen molar-refractivity contribution in [2.75, 3.05) is 13.7 Å². The summed E-state index contributed by atoms with van der Waals surface area (Å²) in [6.45, 7) is 5.29. The van der Waals surface area contributed by atoms with E-state index in [0.29, 0.717) is 12.1 Å². The fourth-order valence-corrected chi connectivity index (χ4v) is 3.85. The number of hydrogen-bond acceptors (Lipinski definition) is 2. The molecule has 2 unspecified atom stereocenters. The zero-order chi connectivity index (χ0) is 15.3. The topological polar surface area (TPSA) is 21.3 Å². The summed E-state index contributed by atoms with van der Waals surface area (Å²) in [6, 6.07) is 0.555. The highest BCUT2D eigenvalue weighted by Crippen LogP contribution is 2.30. The minimum Gasteiger partial charge on any atom is -0.377 e. The first-order chi connectivity index (χ1) is 10.3. The van der Waals surface area contributed by atoms with Crippen LogP contribution in [0.3, 0.4) is 0 Å². The van der Waals surface area contributed by atoms with E-state index in [1.54, 1.807) is 0 Å². The van der Waals surface area contributed by atoms with Crippen molar-refractivity contribution in [2.45, 2.75) is 103 Å². The molecule has 0 saturated heterocycles. The lowest BCUT2D eigenvalue weighted by molar-refractivity contribution is -0.0182. The van der Waals surface area contributed by atoms with Gasteiger partial charge in [0.2, 0.25) is 0 Å². The van der Waals surface area contributed by atoms with Crippen LogP contribution in [0.5, 0.6) is 0 Å². The molecule has 0 aromatic carbocycles. The highest BCUT2D eigenvalue weighted by atomic mass is 16.5. The highest BCUT2D eigenvalue weighted by molar-refractivity contribution is 4.84. The van der Waals surface area contributed by atoms with E-state index < -0.39 is 0 Å². The molecule has 0 aromatic heterocycles. The molecule has 0 spiro atoms. The zero-order valence-corrected chi connectivity index (χ0v) is 14.8. The van der Waals surface area contributed by atoms with Gasteiger partial charge < -0.3 is 10.1 Å². The van der Waals surface area contributed by atoms with E-state index >= 15 is 0 Å². The van der Waals surface area contributed by atoms with Crippen LogP contribution < -0.4 is 5.32 Å². The summed E-state index contributed by atoms with van der Waals surface area (Å²) in [5, 5.41) is 3.56. The van der Waals surface area contributed by atoms with E-state index in [9.17, 15) is 0 Å². The third kappa shape index (κ3) is 7.65. The smallest absolute Gasteiger partial charge is 0.0755 e. The predicted octanol–water partition coefficient (Wildman–Crippen LogP) is 5.31. The molecule has 0 amide bonds. The molecule has 2 heteroatoms. The van der Waals surface area contributed by atoms with Gasteiger partial charge in [-0.15, -0.1) is 0 Å². The molecule has 1 rings (SSSR count). The number of ether oxygens (including phenoxy) is 1.